The first kappa shape index (κ1) is 19.3. The quantitative estimate of drug-likeness (QED) is 0.657. The maximum Gasteiger partial charge on any atom is 0.435 e. The van der Waals surface area contributed by atoms with Gasteiger partial charge >= 0.3 is 6.18 Å². The summed E-state index contributed by atoms with van der Waals surface area (Å²) in [6, 6.07) is 9.07. The number of nitrogens with one attached hydrogen (secondary N) is 1. The van der Waals surface area contributed by atoms with Crippen LogP contribution < -0.4 is 11.1 Å². The Labute approximate surface area is 157 Å². The van der Waals surface area contributed by atoms with Crippen LogP contribution in [0.1, 0.15) is 23.0 Å². The number of benzene rings is 1. The second kappa shape index (κ2) is 7.29. The normalized spacial score (nSPS) is 11.5. The Hall–Kier alpha value is -3.43. The number of aromatic nitrogens is 3. The van der Waals surface area contributed by atoms with Crippen molar-refractivity contribution in [1.82, 2.24) is 14.8 Å². The monoisotopic (exact) mass is 393 g/mol. The van der Waals surface area contributed by atoms with Crippen LogP contribution in [0.4, 0.5) is 29.2 Å². The molecule has 2 aromatic heterocycles. The summed E-state index contributed by atoms with van der Waals surface area (Å²) in [5, 5.41) is 5.94. The Kier molecular flexibility index (Phi) is 5.04. The van der Waals surface area contributed by atoms with Gasteiger partial charge in [-0.25, -0.2) is 9.37 Å². The molecule has 0 aliphatic rings. The standard InChI is InChI=1S/C18H15F4N5O/c1-2-27-13(9-14(26-27)18(20,21)22)11-7-8-15(24-16(11)23)25-17(28)10-5-3-4-6-12(10)19/h3-9H,2H2,1H3,(H3,23,24,25,28). The van der Waals surface area contributed by atoms with E-state index < -0.39 is 23.6 Å². The van der Waals surface area contributed by atoms with Crippen LogP contribution in [0.15, 0.2) is 42.5 Å². The van der Waals surface area contributed by atoms with Gasteiger partial charge in [-0.1, -0.05) is 12.1 Å². The molecule has 0 aliphatic heterocycles. The number of nitrogens with two attached hydrogens (primary N) is 1. The van der Waals surface area contributed by atoms with Crippen molar-refractivity contribution in [3.8, 4) is 11.3 Å². The van der Waals surface area contributed by atoms with E-state index in [-0.39, 0.29) is 35.0 Å². The maximum absolute atomic E-state index is 13.7. The zero-order valence-corrected chi connectivity index (χ0v) is 14.6. The molecule has 0 bridgehead atoms. The molecule has 10 heteroatoms. The van der Waals surface area contributed by atoms with Crippen molar-refractivity contribution in [2.75, 3.05) is 11.1 Å². The molecular formula is C18H15F4N5O. The number of halogens is 4. The minimum atomic E-state index is -4.59. The SMILES string of the molecule is CCn1nc(C(F)(F)F)cc1-c1ccc(NC(=O)c2ccccc2F)nc1N. The highest BCUT2D eigenvalue weighted by Gasteiger charge is 2.35. The van der Waals surface area contributed by atoms with Crippen molar-refractivity contribution in [3.63, 3.8) is 0 Å². The first-order chi connectivity index (χ1) is 13.2. The summed E-state index contributed by atoms with van der Waals surface area (Å²) in [5.74, 6) is -1.49. The average Bonchev–Trinajstić information content (AvgIpc) is 3.06. The number of hydrogen-bond donors (Lipinski definition) is 2. The molecule has 1 amide bonds. The summed E-state index contributed by atoms with van der Waals surface area (Å²) < 4.78 is 53.6. The number of carbonyl (C=O) groups excluding carboxylic acids is 1. The van der Waals surface area contributed by atoms with E-state index >= 15 is 0 Å². The Morgan fingerprint density at radius 2 is 1.93 bits per heavy atom. The minimum Gasteiger partial charge on any atom is -0.383 e. The largest absolute Gasteiger partial charge is 0.435 e. The number of carbonyl (C=O) groups is 1. The molecule has 2 heterocycles. The molecule has 28 heavy (non-hydrogen) atoms. The molecule has 146 valence electrons. The highest BCUT2D eigenvalue weighted by molar-refractivity contribution is 6.04. The van der Waals surface area contributed by atoms with E-state index in [4.69, 9.17) is 5.73 Å². The number of alkyl halides is 3. The number of nitrogen functional groups attached to an aromatic ring is 1. The van der Waals surface area contributed by atoms with Crippen LogP contribution in [0, 0.1) is 5.82 Å². The lowest BCUT2D eigenvalue weighted by Gasteiger charge is -2.10. The van der Waals surface area contributed by atoms with Crippen molar-refractivity contribution in [1.29, 1.82) is 0 Å². The summed E-state index contributed by atoms with van der Waals surface area (Å²) >= 11 is 0. The number of aryl methyl sites for hydroxylation is 1. The van der Waals surface area contributed by atoms with E-state index in [1.165, 1.54) is 30.3 Å². The Morgan fingerprint density at radius 1 is 1.21 bits per heavy atom. The summed E-state index contributed by atoms with van der Waals surface area (Å²) in [7, 11) is 0. The molecule has 0 aliphatic carbocycles. The lowest BCUT2D eigenvalue weighted by atomic mass is 10.1. The minimum absolute atomic E-state index is 0.0353. The number of amides is 1. The molecule has 0 unspecified atom stereocenters. The maximum atomic E-state index is 13.7. The van der Waals surface area contributed by atoms with Gasteiger partial charge in [0.25, 0.3) is 5.91 Å². The molecule has 3 aromatic rings. The van der Waals surface area contributed by atoms with E-state index in [1.54, 1.807) is 6.92 Å². The fourth-order valence-electron chi connectivity index (χ4n) is 2.60. The second-order valence-electron chi connectivity index (χ2n) is 5.79. The summed E-state index contributed by atoms with van der Waals surface area (Å²) in [6.45, 7) is 1.83. The van der Waals surface area contributed by atoms with Crippen molar-refractivity contribution in [2.45, 2.75) is 19.6 Å². The van der Waals surface area contributed by atoms with Gasteiger partial charge in [-0.2, -0.15) is 18.3 Å². The van der Waals surface area contributed by atoms with Crippen LogP contribution in [-0.2, 0) is 12.7 Å². The van der Waals surface area contributed by atoms with Crippen molar-refractivity contribution in [2.24, 2.45) is 0 Å². The Balaban J connectivity index is 1.90. The highest BCUT2D eigenvalue weighted by atomic mass is 19.4. The van der Waals surface area contributed by atoms with Crippen LogP contribution in [0.2, 0.25) is 0 Å². The van der Waals surface area contributed by atoms with Gasteiger partial charge in [0.1, 0.15) is 17.5 Å². The van der Waals surface area contributed by atoms with Crippen molar-refractivity contribution >= 4 is 17.5 Å². The van der Waals surface area contributed by atoms with Gasteiger partial charge in [0, 0.05) is 12.1 Å². The van der Waals surface area contributed by atoms with Gasteiger partial charge in [0.05, 0.1) is 11.3 Å². The van der Waals surface area contributed by atoms with Crippen LogP contribution in [0.25, 0.3) is 11.3 Å². The van der Waals surface area contributed by atoms with E-state index in [0.29, 0.717) is 0 Å². The van der Waals surface area contributed by atoms with Gasteiger partial charge in [-0.15, -0.1) is 0 Å². The number of anilines is 2. The lowest BCUT2D eigenvalue weighted by molar-refractivity contribution is -0.141. The molecule has 3 rings (SSSR count). The van der Waals surface area contributed by atoms with Gasteiger partial charge in [0.2, 0.25) is 0 Å². The highest BCUT2D eigenvalue weighted by Crippen LogP contribution is 2.33. The molecule has 0 fully saturated rings. The second-order valence-corrected chi connectivity index (χ2v) is 5.79. The van der Waals surface area contributed by atoms with Gasteiger partial charge < -0.3 is 11.1 Å². The van der Waals surface area contributed by atoms with Gasteiger partial charge in [-0.3, -0.25) is 9.48 Å². The predicted molar refractivity (Wildman–Crippen MR) is 94.9 cm³/mol. The molecule has 3 N–H and O–H groups in total. The third-order valence-electron chi connectivity index (χ3n) is 3.93. The molecular weight excluding hydrogens is 378 g/mol. The summed E-state index contributed by atoms with van der Waals surface area (Å²) in [6.07, 6.45) is -4.59. The Morgan fingerprint density at radius 3 is 2.54 bits per heavy atom. The van der Waals surface area contributed by atoms with Gasteiger partial charge in [-0.05, 0) is 37.3 Å². The fraction of sp³-hybridized carbons (Fsp3) is 0.167. The third kappa shape index (κ3) is 3.80. The summed E-state index contributed by atoms with van der Waals surface area (Å²) in [4.78, 5) is 16.1. The predicted octanol–water partition coefficient (Wildman–Crippen LogP) is 3.96. The number of hydrogen-bond acceptors (Lipinski definition) is 4. The van der Waals surface area contributed by atoms with Gasteiger partial charge in [0.15, 0.2) is 5.69 Å². The van der Waals surface area contributed by atoms with E-state index in [2.05, 4.69) is 15.4 Å². The number of nitrogens with zero attached hydrogens (tertiary/aromatic N) is 3. The average molecular weight is 393 g/mol. The fourth-order valence-corrected chi connectivity index (χ4v) is 2.60. The molecule has 1 aromatic carbocycles. The van der Waals surface area contributed by atoms with E-state index in [0.717, 1.165) is 16.8 Å². The molecule has 0 atom stereocenters. The molecule has 0 spiro atoms. The third-order valence-corrected chi connectivity index (χ3v) is 3.93. The van der Waals surface area contributed by atoms with Crippen molar-refractivity contribution < 1.29 is 22.4 Å². The molecule has 0 saturated heterocycles. The van der Waals surface area contributed by atoms with Crippen LogP contribution in [0.3, 0.4) is 0 Å². The van der Waals surface area contributed by atoms with E-state index in [1.807, 2.05) is 0 Å². The van der Waals surface area contributed by atoms with Crippen LogP contribution >= 0.6 is 0 Å². The van der Waals surface area contributed by atoms with E-state index in [9.17, 15) is 22.4 Å². The zero-order chi connectivity index (χ0) is 20.5. The molecule has 6 nitrogen and oxygen atoms in total. The topological polar surface area (TPSA) is 85.8 Å². The zero-order valence-electron chi connectivity index (χ0n) is 14.6. The smallest absolute Gasteiger partial charge is 0.383 e. The van der Waals surface area contributed by atoms with Crippen LogP contribution in [0.5, 0.6) is 0 Å². The first-order valence-corrected chi connectivity index (χ1v) is 8.18. The molecule has 0 radical (unpaired) electrons. The first-order valence-electron chi connectivity index (χ1n) is 8.18. The number of pyridine rings is 1. The Bertz CT molecular complexity index is 1030. The lowest BCUT2D eigenvalue weighted by Crippen LogP contribution is -2.15. The summed E-state index contributed by atoms with van der Waals surface area (Å²) in [5.41, 5.74) is 5.04. The molecule has 0 saturated carbocycles. The number of rotatable bonds is 4. The van der Waals surface area contributed by atoms with Crippen molar-refractivity contribution in [3.05, 3.63) is 59.5 Å². The van der Waals surface area contributed by atoms with Crippen LogP contribution in [-0.4, -0.2) is 20.7 Å².